The van der Waals surface area contributed by atoms with Crippen LogP contribution in [0.5, 0.6) is 0 Å². The van der Waals surface area contributed by atoms with E-state index in [0.717, 1.165) is 0 Å². The maximum Gasteiger partial charge on any atom is 0.283 e. The van der Waals surface area contributed by atoms with Crippen molar-refractivity contribution < 1.29 is 14.8 Å². The number of aliphatic hydroxyl groups is 1. The zero-order valence-electron chi connectivity index (χ0n) is 14.5. The van der Waals surface area contributed by atoms with Crippen molar-refractivity contribution in [3.05, 3.63) is 69.8 Å². The molecule has 0 radical (unpaired) electrons. The molecule has 1 N–H and O–H groups in total. The fraction of sp³-hybridized carbons (Fsp3) is 0.158. The summed E-state index contributed by atoms with van der Waals surface area (Å²) in [6, 6.07) is 13.8. The SMILES string of the molecule is CC1=NN(c2ccccc2)C(=O)/C1=C/c1ccc(SCCO)c([N+](=O)[O-])c1. The highest BCUT2D eigenvalue weighted by atomic mass is 32.2. The van der Waals surface area contributed by atoms with Gasteiger partial charge in [-0.15, -0.1) is 11.8 Å². The first-order chi connectivity index (χ1) is 13.0. The molecular weight excluding hydrogens is 366 g/mol. The molecule has 0 aromatic heterocycles. The molecule has 3 rings (SSSR count). The standard InChI is InChI=1S/C19H17N3O4S/c1-13-16(19(24)21(20-13)15-5-3-2-4-6-15)11-14-7-8-18(27-10-9-23)17(12-14)22(25)26/h2-8,11-12,23H,9-10H2,1H3/b16-11+. The quantitative estimate of drug-likeness (QED) is 0.356. The monoisotopic (exact) mass is 383 g/mol. The van der Waals surface area contributed by atoms with Crippen LogP contribution in [-0.2, 0) is 4.79 Å². The Morgan fingerprint density at radius 2 is 2.00 bits per heavy atom. The van der Waals surface area contributed by atoms with E-state index in [0.29, 0.717) is 33.2 Å². The molecule has 27 heavy (non-hydrogen) atoms. The van der Waals surface area contributed by atoms with E-state index >= 15 is 0 Å². The number of thioether (sulfide) groups is 1. The Hall–Kier alpha value is -2.97. The summed E-state index contributed by atoms with van der Waals surface area (Å²) in [5.41, 5.74) is 2.09. The number of anilines is 1. The molecule has 0 saturated carbocycles. The van der Waals surface area contributed by atoms with Crippen molar-refractivity contribution in [2.24, 2.45) is 5.10 Å². The highest BCUT2D eigenvalue weighted by Gasteiger charge is 2.28. The highest BCUT2D eigenvalue weighted by molar-refractivity contribution is 7.99. The maximum atomic E-state index is 12.7. The number of rotatable bonds is 6. The molecule has 7 nitrogen and oxygen atoms in total. The molecule has 1 aliphatic rings. The molecule has 1 aliphatic heterocycles. The lowest BCUT2D eigenvalue weighted by Crippen LogP contribution is -2.21. The number of hydrogen-bond acceptors (Lipinski definition) is 6. The average molecular weight is 383 g/mol. The predicted octanol–water partition coefficient (Wildman–Crippen LogP) is 3.49. The van der Waals surface area contributed by atoms with Gasteiger partial charge >= 0.3 is 0 Å². The van der Waals surface area contributed by atoms with Gasteiger partial charge in [-0.05, 0) is 36.8 Å². The summed E-state index contributed by atoms with van der Waals surface area (Å²) in [4.78, 5) is 24.1. The van der Waals surface area contributed by atoms with Crippen LogP contribution in [0.25, 0.3) is 6.08 Å². The summed E-state index contributed by atoms with van der Waals surface area (Å²) >= 11 is 1.21. The fourth-order valence-corrected chi connectivity index (χ4v) is 3.40. The minimum Gasteiger partial charge on any atom is -0.396 e. The normalized spacial score (nSPS) is 15.3. The molecule has 0 bridgehead atoms. The summed E-state index contributed by atoms with van der Waals surface area (Å²) in [5.74, 6) is 0.0949. The minimum atomic E-state index is -0.463. The van der Waals surface area contributed by atoms with Crippen LogP contribution < -0.4 is 5.01 Å². The van der Waals surface area contributed by atoms with Gasteiger partial charge in [0.05, 0.1) is 33.4 Å². The van der Waals surface area contributed by atoms with Crippen molar-refractivity contribution in [1.29, 1.82) is 0 Å². The van der Waals surface area contributed by atoms with Crippen LogP contribution >= 0.6 is 11.8 Å². The summed E-state index contributed by atoms with van der Waals surface area (Å²) in [6.07, 6.45) is 1.61. The molecule has 1 amide bonds. The predicted molar refractivity (Wildman–Crippen MR) is 106 cm³/mol. The Bertz CT molecular complexity index is 941. The van der Waals surface area contributed by atoms with Crippen molar-refractivity contribution in [3.63, 3.8) is 0 Å². The van der Waals surface area contributed by atoms with Crippen molar-refractivity contribution in [2.45, 2.75) is 11.8 Å². The molecule has 0 spiro atoms. The van der Waals surface area contributed by atoms with Gasteiger partial charge < -0.3 is 5.11 Å². The Morgan fingerprint density at radius 3 is 2.67 bits per heavy atom. The van der Waals surface area contributed by atoms with Gasteiger partial charge in [-0.2, -0.15) is 10.1 Å². The lowest BCUT2D eigenvalue weighted by atomic mass is 10.1. The van der Waals surface area contributed by atoms with Crippen LogP contribution in [0.2, 0.25) is 0 Å². The first kappa shape index (κ1) is 18.8. The number of nitro groups is 1. The van der Waals surface area contributed by atoms with Gasteiger partial charge in [0.25, 0.3) is 11.6 Å². The Morgan fingerprint density at radius 1 is 1.26 bits per heavy atom. The lowest BCUT2D eigenvalue weighted by molar-refractivity contribution is -0.387. The molecule has 0 aliphatic carbocycles. The van der Waals surface area contributed by atoms with Gasteiger partial charge in [0.2, 0.25) is 0 Å². The van der Waals surface area contributed by atoms with Crippen LogP contribution in [0.4, 0.5) is 11.4 Å². The topological polar surface area (TPSA) is 96.0 Å². The second kappa shape index (κ2) is 8.15. The number of nitrogens with zero attached hydrogens (tertiary/aromatic N) is 3. The molecule has 138 valence electrons. The van der Waals surface area contributed by atoms with Crippen LogP contribution in [0.1, 0.15) is 12.5 Å². The zero-order chi connectivity index (χ0) is 19.4. The van der Waals surface area contributed by atoms with E-state index in [1.807, 2.05) is 18.2 Å². The smallest absolute Gasteiger partial charge is 0.283 e. The van der Waals surface area contributed by atoms with Crippen molar-refractivity contribution in [1.82, 2.24) is 0 Å². The molecule has 0 unspecified atom stereocenters. The number of para-hydroxylation sites is 1. The maximum absolute atomic E-state index is 12.7. The van der Waals surface area contributed by atoms with Gasteiger partial charge in [-0.3, -0.25) is 14.9 Å². The van der Waals surface area contributed by atoms with Crippen molar-refractivity contribution in [2.75, 3.05) is 17.4 Å². The second-order valence-corrected chi connectivity index (χ2v) is 6.89. The molecule has 0 fully saturated rings. The minimum absolute atomic E-state index is 0.0530. The number of benzene rings is 2. The Balaban J connectivity index is 1.92. The molecular formula is C19H17N3O4S. The third-order valence-electron chi connectivity index (χ3n) is 3.90. The van der Waals surface area contributed by atoms with Gasteiger partial charge in [0.1, 0.15) is 0 Å². The number of carbonyl (C=O) groups excluding carboxylic acids is 1. The second-order valence-electron chi connectivity index (χ2n) is 5.75. The third-order valence-corrected chi connectivity index (χ3v) is 4.95. The largest absolute Gasteiger partial charge is 0.396 e. The van der Waals surface area contributed by atoms with Crippen LogP contribution in [0.15, 0.2) is 64.1 Å². The zero-order valence-corrected chi connectivity index (χ0v) is 15.3. The number of aliphatic hydroxyl groups excluding tert-OH is 1. The molecule has 0 atom stereocenters. The Labute approximate surface area is 160 Å². The van der Waals surface area contributed by atoms with Crippen LogP contribution in [0, 0.1) is 10.1 Å². The lowest BCUT2D eigenvalue weighted by Gasteiger charge is -2.11. The summed E-state index contributed by atoms with van der Waals surface area (Å²) in [6.45, 7) is 1.67. The summed E-state index contributed by atoms with van der Waals surface area (Å²) in [7, 11) is 0. The highest BCUT2D eigenvalue weighted by Crippen LogP contribution is 2.31. The molecule has 1 heterocycles. The first-order valence-corrected chi connectivity index (χ1v) is 9.18. The number of nitro benzene ring substituents is 1. The van der Waals surface area contributed by atoms with E-state index in [1.165, 1.54) is 22.8 Å². The Kier molecular flexibility index (Phi) is 5.68. The van der Waals surface area contributed by atoms with Crippen LogP contribution in [0.3, 0.4) is 0 Å². The number of hydrazone groups is 1. The van der Waals surface area contributed by atoms with Crippen molar-refractivity contribution in [3.8, 4) is 0 Å². The van der Waals surface area contributed by atoms with Crippen molar-refractivity contribution >= 4 is 40.8 Å². The van der Waals surface area contributed by atoms with Gasteiger partial charge in [-0.25, -0.2) is 0 Å². The average Bonchev–Trinajstić information content (AvgIpc) is 2.95. The van der Waals surface area contributed by atoms with E-state index in [9.17, 15) is 14.9 Å². The molecule has 2 aromatic carbocycles. The van der Waals surface area contributed by atoms with Gasteiger partial charge in [0, 0.05) is 11.8 Å². The fourth-order valence-electron chi connectivity index (χ4n) is 2.64. The number of carbonyl (C=O) groups is 1. The molecule has 0 saturated heterocycles. The first-order valence-electron chi connectivity index (χ1n) is 8.20. The van der Waals surface area contributed by atoms with Gasteiger partial charge in [-0.1, -0.05) is 24.3 Å². The van der Waals surface area contributed by atoms with E-state index in [4.69, 9.17) is 5.11 Å². The number of amides is 1. The third kappa shape index (κ3) is 4.07. The van der Waals surface area contributed by atoms with E-state index in [2.05, 4.69) is 5.10 Å². The van der Waals surface area contributed by atoms with E-state index in [1.54, 1.807) is 37.3 Å². The summed E-state index contributed by atoms with van der Waals surface area (Å²) in [5, 5.41) is 25.9. The summed E-state index contributed by atoms with van der Waals surface area (Å²) < 4.78 is 0. The molecule has 8 heteroatoms. The molecule has 2 aromatic rings. The van der Waals surface area contributed by atoms with Crippen LogP contribution in [-0.4, -0.2) is 34.0 Å². The van der Waals surface area contributed by atoms with E-state index < -0.39 is 4.92 Å². The van der Waals surface area contributed by atoms with Gasteiger partial charge in [0.15, 0.2) is 0 Å². The number of hydrogen-bond donors (Lipinski definition) is 1. The van der Waals surface area contributed by atoms with E-state index in [-0.39, 0.29) is 18.2 Å².